The van der Waals surface area contributed by atoms with E-state index in [0.29, 0.717) is 10.9 Å². The van der Waals surface area contributed by atoms with Crippen molar-refractivity contribution in [3.63, 3.8) is 0 Å². The minimum Gasteiger partial charge on any atom is -0.396 e. The molecule has 1 N–H and O–H groups in total. The molecule has 6 heteroatoms. The van der Waals surface area contributed by atoms with Crippen LogP contribution in [0.25, 0.3) is 0 Å². The number of nitrogens with zero attached hydrogens (tertiary/aromatic N) is 2. The number of sulfonamides is 1. The molecule has 1 fully saturated rings. The number of benzene rings is 1. The van der Waals surface area contributed by atoms with Gasteiger partial charge in [-0.05, 0) is 37.8 Å². The summed E-state index contributed by atoms with van der Waals surface area (Å²) < 4.78 is 26.2. The molecule has 1 saturated heterocycles. The highest BCUT2D eigenvalue weighted by molar-refractivity contribution is 7.89. The Hall–Kier alpha value is -1.11. The Bertz CT molecular complexity index is 572. The summed E-state index contributed by atoms with van der Waals surface area (Å²) in [7, 11) is -0.337. The minimum atomic E-state index is -3.45. The molecule has 1 aromatic carbocycles. The lowest BCUT2D eigenvalue weighted by atomic mass is 10.1. The van der Waals surface area contributed by atoms with E-state index < -0.39 is 10.0 Å². The van der Waals surface area contributed by atoms with Gasteiger partial charge in [-0.3, -0.25) is 0 Å². The molecule has 1 aromatic rings. The fraction of sp³-hybridized carbons (Fsp3) is 0.600. The lowest BCUT2D eigenvalue weighted by Crippen LogP contribution is -2.32. The third kappa shape index (κ3) is 3.39. The van der Waals surface area contributed by atoms with Crippen molar-refractivity contribution in [2.24, 2.45) is 0 Å². The van der Waals surface area contributed by atoms with Crippen molar-refractivity contribution in [1.29, 1.82) is 0 Å². The molecule has 2 rings (SSSR count). The van der Waals surface area contributed by atoms with Crippen molar-refractivity contribution < 1.29 is 13.5 Å². The quantitative estimate of drug-likeness (QED) is 0.868. The molecule has 5 nitrogen and oxygen atoms in total. The average Bonchev–Trinajstić information content (AvgIpc) is 2.93. The first kappa shape index (κ1) is 16.3. The number of rotatable bonds is 6. The van der Waals surface area contributed by atoms with Crippen LogP contribution in [0.1, 0.15) is 25.7 Å². The lowest BCUT2D eigenvalue weighted by molar-refractivity contribution is 0.279. The van der Waals surface area contributed by atoms with Gasteiger partial charge in [-0.25, -0.2) is 12.7 Å². The van der Waals surface area contributed by atoms with Crippen LogP contribution in [0.2, 0.25) is 0 Å². The number of para-hydroxylation sites is 1. The number of anilines is 1. The van der Waals surface area contributed by atoms with Crippen molar-refractivity contribution in [3.8, 4) is 0 Å². The lowest BCUT2D eigenvalue weighted by Gasteiger charge is -2.29. The van der Waals surface area contributed by atoms with E-state index in [2.05, 4.69) is 4.90 Å². The van der Waals surface area contributed by atoms with Gasteiger partial charge in [-0.2, -0.15) is 0 Å². The third-order valence-electron chi connectivity index (χ3n) is 4.01. The molecular formula is C15H24N2O3S. The largest absolute Gasteiger partial charge is 0.396 e. The van der Waals surface area contributed by atoms with Gasteiger partial charge < -0.3 is 10.0 Å². The maximum atomic E-state index is 12.5. The van der Waals surface area contributed by atoms with Crippen LogP contribution >= 0.6 is 0 Å². The predicted octanol–water partition coefficient (Wildman–Crippen LogP) is 1.68. The van der Waals surface area contributed by atoms with Crippen LogP contribution in [0.15, 0.2) is 29.2 Å². The first-order chi connectivity index (χ1) is 9.98. The molecule has 0 saturated carbocycles. The molecule has 0 aromatic heterocycles. The summed E-state index contributed by atoms with van der Waals surface area (Å²) in [4.78, 5) is 2.55. The van der Waals surface area contributed by atoms with E-state index in [9.17, 15) is 8.42 Å². The molecule has 21 heavy (non-hydrogen) atoms. The monoisotopic (exact) mass is 312 g/mol. The standard InChI is InChI=1S/C15H24N2O3S/c1-16(2)21(19,20)15-10-4-3-9-14(15)17-11-5-7-13(17)8-6-12-18/h3-4,9-10,13,18H,5-8,11-12H2,1-2H3. The van der Waals surface area contributed by atoms with Crippen molar-refractivity contribution >= 4 is 15.7 Å². The van der Waals surface area contributed by atoms with Crippen molar-refractivity contribution in [2.45, 2.75) is 36.6 Å². The van der Waals surface area contributed by atoms with E-state index in [4.69, 9.17) is 5.11 Å². The van der Waals surface area contributed by atoms with Gasteiger partial charge in [0.1, 0.15) is 4.90 Å². The maximum Gasteiger partial charge on any atom is 0.244 e. The number of hydrogen-bond acceptors (Lipinski definition) is 4. The highest BCUT2D eigenvalue weighted by Crippen LogP contribution is 2.33. The molecule has 1 unspecified atom stereocenters. The molecule has 1 aliphatic rings. The van der Waals surface area contributed by atoms with Crippen LogP contribution in [0.5, 0.6) is 0 Å². The van der Waals surface area contributed by atoms with E-state index in [0.717, 1.165) is 37.9 Å². The van der Waals surface area contributed by atoms with E-state index in [1.165, 1.54) is 4.31 Å². The van der Waals surface area contributed by atoms with Crippen LogP contribution in [0.4, 0.5) is 5.69 Å². The zero-order valence-electron chi connectivity index (χ0n) is 12.7. The summed E-state index contributed by atoms with van der Waals surface area (Å²) in [5, 5.41) is 9.02. The molecule has 1 aliphatic heterocycles. The fourth-order valence-corrected chi connectivity index (χ4v) is 3.98. The van der Waals surface area contributed by atoms with E-state index in [-0.39, 0.29) is 6.61 Å². The first-order valence-corrected chi connectivity index (χ1v) is 8.81. The van der Waals surface area contributed by atoms with E-state index in [1.807, 2.05) is 12.1 Å². The highest BCUT2D eigenvalue weighted by Gasteiger charge is 2.29. The highest BCUT2D eigenvalue weighted by atomic mass is 32.2. The zero-order chi connectivity index (χ0) is 15.5. The average molecular weight is 312 g/mol. The van der Waals surface area contributed by atoms with Gasteiger partial charge >= 0.3 is 0 Å². The molecular weight excluding hydrogens is 288 g/mol. The van der Waals surface area contributed by atoms with Crippen molar-refractivity contribution in [3.05, 3.63) is 24.3 Å². The molecule has 0 spiro atoms. The van der Waals surface area contributed by atoms with Gasteiger partial charge in [-0.15, -0.1) is 0 Å². The van der Waals surface area contributed by atoms with E-state index >= 15 is 0 Å². The Balaban J connectivity index is 2.36. The van der Waals surface area contributed by atoms with Crippen LogP contribution in [-0.2, 0) is 10.0 Å². The van der Waals surface area contributed by atoms with Gasteiger partial charge in [0.25, 0.3) is 0 Å². The normalized spacial score (nSPS) is 19.4. The molecule has 1 heterocycles. The zero-order valence-corrected chi connectivity index (χ0v) is 13.5. The third-order valence-corrected chi connectivity index (χ3v) is 5.87. The molecule has 0 aliphatic carbocycles. The second-order valence-electron chi connectivity index (χ2n) is 5.61. The smallest absolute Gasteiger partial charge is 0.244 e. The van der Waals surface area contributed by atoms with Gasteiger partial charge in [0.15, 0.2) is 0 Å². The summed E-state index contributed by atoms with van der Waals surface area (Å²) in [6, 6.07) is 7.51. The molecule has 0 amide bonds. The van der Waals surface area contributed by atoms with Gasteiger partial charge in [0.05, 0.1) is 5.69 Å². The van der Waals surface area contributed by atoms with Crippen LogP contribution in [-0.4, -0.2) is 51.1 Å². The Morgan fingerprint density at radius 1 is 1.33 bits per heavy atom. The van der Waals surface area contributed by atoms with Crippen LogP contribution in [0.3, 0.4) is 0 Å². The Morgan fingerprint density at radius 2 is 2.05 bits per heavy atom. The molecule has 0 bridgehead atoms. The van der Waals surface area contributed by atoms with Crippen molar-refractivity contribution in [1.82, 2.24) is 4.31 Å². The van der Waals surface area contributed by atoms with Gasteiger partial charge in [0, 0.05) is 33.3 Å². The fourth-order valence-electron chi connectivity index (χ4n) is 2.89. The molecule has 1 atom stereocenters. The number of aliphatic hydroxyl groups is 1. The van der Waals surface area contributed by atoms with Crippen LogP contribution < -0.4 is 4.90 Å². The summed E-state index contributed by atoms with van der Waals surface area (Å²) >= 11 is 0. The Labute approximate surface area is 127 Å². The van der Waals surface area contributed by atoms with E-state index in [1.54, 1.807) is 26.2 Å². The second-order valence-corrected chi connectivity index (χ2v) is 7.73. The Morgan fingerprint density at radius 3 is 2.71 bits per heavy atom. The second kappa shape index (κ2) is 6.77. The maximum absolute atomic E-state index is 12.5. The summed E-state index contributed by atoms with van der Waals surface area (Å²) in [5.74, 6) is 0. The molecule has 118 valence electrons. The SMILES string of the molecule is CN(C)S(=O)(=O)c1ccccc1N1CCCC1CCCO. The first-order valence-electron chi connectivity index (χ1n) is 7.37. The summed E-state index contributed by atoms with van der Waals surface area (Å²) in [6.45, 7) is 1.05. The predicted molar refractivity (Wildman–Crippen MR) is 84.0 cm³/mol. The van der Waals surface area contributed by atoms with Crippen molar-refractivity contribution in [2.75, 3.05) is 32.1 Å². The van der Waals surface area contributed by atoms with Gasteiger partial charge in [0.2, 0.25) is 10.0 Å². The number of aliphatic hydroxyl groups excluding tert-OH is 1. The van der Waals surface area contributed by atoms with Gasteiger partial charge in [-0.1, -0.05) is 12.1 Å². The topological polar surface area (TPSA) is 60.9 Å². The van der Waals surface area contributed by atoms with Crippen LogP contribution in [0, 0.1) is 0 Å². The molecule has 0 radical (unpaired) electrons. The summed E-state index contributed by atoms with van der Waals surface area (Å²) in [5.41, 5.74) is 0.784. The number of hydrogen-bond donors (Lipinski definition) is 1. The summed E-state index contributed by atoms with van der Waals surface area (Å²) in [6.07, 6.45) is 3.76. The minimum absolute atomic E-state index is 0.183. The Kier molecular flexibility index (Phi) is 5.24.